The van der Waals surface area contributed by atoms with Crippen molar-refractivity contribution in [1.29, 1.82) is 0 Å². The number of benzene rings is 1. The molecule has 0 aliphatic heterocycles. The van der Waals surface area contributed by atoms with Crippen molar-refractivity contribution in [2.45, 2.75) is 33.9 Å². The average molecular weight is 300 g/mol. The van der Waals surface area contributed by atoms with Crippen LogP contribution in [0.2, 0.25) is 0 Å². The zero-order valence-electron chi connectivity index (χ0n) is 12.7. The summed E-state index contributed by atoms with van der Waals surface area (Å²) >= 11 is 1.76. The van der Waals surface area contributed by atoms with Gasteiger partial charge in [-0.15, -0.1) is 11.3 Å². The van der Waals surface area contributed by atoms with Crippen molar-refractivity contribution in [2.75, 3.05) is 6.54 Å². The summed E-state index contributed by atoms with van der Waals surface area (Å²) in [4.78, 5) is 5.91. The largest absolute Gasteiger partial charge is 0.311 e. The topological polar surface area (TPSA) is 42.7 Å². The molecule has 0 fully saturated rings. The van der Waals surface area contributed by atoms with Crippen LogP contribution in [0.5, 0.6) is 0 Å². The first kappa shape index (κ1) is 14.2. The average Bonchev–Trinajstić information content (AvgIpc) is 2.98. The van der Waals surface area contributed by atoms with Crippen molar-refractivity contribution in [2.24, 2.45) is 0 Å². The lowest BCUT2D eigenvalue weighted by Crippen LogP contribution is -2.13. The molecule has 2 aromatic heterocycles. The lowest BCUT2D eigenvalue weighted by Gasteiger charge is -2.00. The Labute approximate surface area is 128 Å². The highest BCUT2D eigenvalue weighted by atomic mass is 32.1. The Hall–Kier alpha value is -1.72. The minimum Gasteiger partial charge on any atom is -0.311 e. The summed E-state index contributed by atoms with van der Waals surface area (Å²) in [5.41, 5.74) is 3.41. The van der Waals surface area contributed by atoms with Crippen molar-refractivity contribution in [3.63, 3.8) is 0 Å². The predicted octanol–water partition coefficient (Wildman–Crippen LogP) is 3.27. The van der Waals surface area contributed by atoms with Gasteiger partial charge < -0.3 is 5.32 Å². The molecule has 1 N–H and O–H groups in total. The fourth-order valence-electron chi connectivity index (χ4n) is 2.43. The van der Waals surface area contributed by atoms with Crippen LogP contribution in [-0.2, 0) is 13.1 Å². The second kappa shape index (κ2) is 5.95. The van der Waals surface area contributed by atoms with Crippen LogP contribution in [-0.4, -0.2) is 21.3 Å². The number of hydrogen-bond acceptors (Lipinski definition) is 4. The van der Waals surface area contributed by atoms with Gasteiger partial charge in [0, 0.05) is 16.8 Å². The molecule has 4 nitrogen and oxygen atoms in total. The fraction of sp³-hybridized carbons (Fsp3) is 0.375. The van der Waals surface area contributed by atoms with Gasteiger partial charge in [0.05, 0.1) is 23.4 Å². The summed E-state index contributed by atoms with van der Waals surface area (Å²) in [6, 6.07) is 8.41. The summed E-state index contributed by atoms with van der Waals surface area (Å²) in [5, 5.41) is 10.5. The Bertz CT molecular complexity index is 737. The molecule has 0 bridgehead atoms. The van der Waals surface area contributed by atoms with Crippen LogP contribution in [0.4, 0.5) is 0 Å². The van der Waals surface area contributed by atoms with Crippen LogP contribution >= 0.6 is 11.3 Å². The van der Waals surface area contributed by atoms with E-state index in [0.717, 1.165) is 36.0 Å². The standard InChI is InChI=1S/C16H20N4S/c1-4-17-9-14-13-7-5-6-8-15(13)20(19-14)10-16-18-11(2)12(3)21-16/h5-8,17H,4,9-10H2,1-3H3. The number of hydrogen-bond donors (Lipinski definition) is 1. The van der Waals surface area contributed by atoms with Crippen LogP contribution in [0, 0.1) is 13.8 Å². The van der Waals surface area contributed by atoms with E-state index in [1.165, 1.54) is 15.8 Å². The first-order chi connectivity index (χ1) is 10.2. The van der Waals surface area contributed by atoms with E-state index in [0.29, 0.717) is 0 Å². The molecule has 110 valence electrons. The van der Waals surface area contributed by atoms with E-state index in [4.69, 9.17) is 5.10 Å². The molecule has 1 aromatic carbocycles. The Morgan fingerprint density at radius 1 is 1.24 bits per heavy atom. The molecule has 0 amide bonds. The van der Waals surface area contributed by atoms with E-state index in [1.54, 1.807) is 11.3 Å². The van der Waals surface area contributed by atoms with Crippen molar-refractivity contribution in [3.8, 4) is 0 Å². The summed E-state index contributed by atoms with van der Waals surface area (Å²) < 4.78 is 2.07. The SMILES string of the molecule is CCNCc1nn(Cc2nc(C)c(C)s2)c2ccccc12. The van der Waals surface area contributed by atoms with Gasteiger partial charge in [0.2, 0.25) is 0 Å². The third-order valence-corrected chi connectivity index (χ3v) is 4.69. The highest BCUT2D eigenvalue weighted by Crippen LogP contribution is 2.22. The molecule has 0 aliphatic carbocycles. The summed E-state index contributed by atoms with van der Waals surface area (Å²) in [5.74, 6) is 0. The lowest BCUT2D eigenvalue weighted by atomic mass is 10.2. The van der Waals surface area contributed by atoms with Crippen LogP contribution < -0.4 is 5.32 Å². The van der Waals surface area contributed by atoms with Gasteiger partial charge in [-0.3, -0.25) is 4.68 Å². The smallest absolute Gasteiger partial charge is 0.115 e. The van der Waals surface area contributed by atoms with Gasteiger partial charge in [0.15, 0.2) is 0 Å². The molecule has 3 aromatic rings. The van der Waals surface area contributed by atoms with Gasteiger partial charge in [-0.25, -0.2) is 4.98 Å². The summed E-state index contributed by atoms with van der Waals surface area (Å²) in [6.45, 7) is 8.79. The molecule has 5 heteroatoms. The van der Waals surface area contributed by atoms with Crippen LogP contribution in [0.1, 0.15) is 28.2 Å². The second-order valence-electron chi connectivity index (χ2n) is 5.15. The molecular weight excluding hydrogens is 280 g/mol. The van der Waals surface area contributed by atoms with Crippen molar-refractivity contribution in [1.82, 2.24) is 20.1 Å². The molecule has 0 atom stereocenters. The highest BCUT2D eigenvalue weighted by molar-refractivity contribution is 7.11. The van der Waals surface area contributed by atoms with Crippen molar-refractivity contribution >= 4 is 22.2 Å². The number of aromatic nitrogens is 3. The van der Waals surface area contributed by atoms with Crippen LogP contribution in [0.3, 0.4) is 0 Å². The van der Waals surface area contributed by atoms with E-state index >= 15 is 0 Å². The molecule has 0 saturated carbocycles. The number of para-hydroxylation sites is 1. The van der Waals surface area contributed by atoms with E-state index < -0.39 is 0 Å². The molecule has 3 rings (SSSR count). The Kier molecular flexibility index (Phi) is 4.03. The number of nitrogens with one attached hydrogen (secondary N) is 1. The van der Waals surface area contributed by atoms with Crippen molar-refractivity contribution < 1.29 is 0 Å². The Morgan fingerprint density at radius 2 is 2.05 bits per heavy atom. The molecule has 0 aliphatic rings. The van der Waals surface area contributed by atoms with Crippen molar-refractivity contribution in [3.05, 3.63) is 45.5 Å². The zero-order valence-corrected chi connectivity index (χ0v) is 13.5. The normalized spacial score (nSPS) is 11.4. The van der Waals surface area contributed by atoms with Crippen LogP contribution in [0.15, 0.2) is 24.3 Å². The first-order valence-corrected chi connectivity index (χ1v) is 8.08. The van der Waals surface area contributed by atoms with Gasteiger partial charge >= 0.3 is 0 Å². The second-order valence-corrected chi connectivity index (χ2v) is 6.44. The third kappa shape index (κ3) is 2.84. The van der Waals surface area contributed by atoms with E-state index in [1.807, 2.05) is 0 Å². The highest BCUT2D eigenvalue weighted by Gasteiger charge is 2.12. The number of fused-ring (bicyclic) bond motifs is 1. The molecule has 21 heavy (non-hydrogen) atoms. The summed E-state index contributed by atoms with van der Waals surface area (Å²) in [6.07, 6.45) is 0. The molecule has 0 spiro atoms. The van der Waals surface area contributed by atoms with Gasteiger partial charge in [-0.05, 0) is 26.5 Å². The molecule has 2 heterocycles. The molecule has 0 radical (unpaired) electrons. The number of aryl methyl sites for hydroxylation is 2. The quantitative estimate of drug-likeness (QED) is 0.786. The Morgan fingerprint density at radius 3 is 2.76 bits per heavy atom. The minimum absolute atomic E-state index is 0.742. The van der Waals surface area contributed by atoms with Gasteiger partial charge in [-0.1, -0.05) is 25.1 Å². The predicted molar refractivity (Wildman–Crippen MR) is 87.8 cm³/mol. The van der Waals surface area contributed by atoms with Gasteiger partial charge in [-0.2, -0.15) is 5.10 Å². The zero-order chi connectivity index (χ0) is 14.8. The van der Waals surface area contributed by atoms with E-state index in [2.05, 4.69) is 60.0 Å². The molecule has 0 saturated heterocycles. The third-order valence-electron chi connectivity index (χ3n) is 3.63. The maximum absolute atomic E-state index is 4.78. The van der Waals surface area contributed by atoms with E-state index in [-0.39, 0.29) is 0 Å². The number of nitrogens with zero attached hydrogens (tertiary/aromatic N) is 3. The monoisotopic (exact) mass is 300 g/mol. The first-order valence-electron chi connectivity index (χ1n) is 7.27. The minimum atomic E-state index is 0.742. The Balaban J connectivity index is 1.97. The maximum Gasteiger partial charge on any atom is 0.115 e. The summed E-state index contributed by atoms with van der Waals surface area (Å²) in [7, 11) is 0. The lowest BCUT2D eigenvalue weighted by molar-refractivity contribution is 0.655. The van der Waals surface area contributed by atoms with E-state index in [9.17, 15) is 0 Å². The molecule has 0 unspecified atom stereocenters. The maximum atomic E-state index is 4.78. The number of thiazole rings is 1. The number of rotatable bonds is 5. The van der Waals surface area contributed by atoms with Gasteiger partial charge in [0.25, 0.3) is 0 Å². The van der Waals surface area contributed by atoms with Gasteiger partial charge in [0.1, 0.15) is 5.01 Å². The molecular formula is C16H20N4S. The van der Waals surface area contributed by atoms with Crippen LogP contribution in [0.25, 0.3) is 10.9 Å². The fourth-order valence-corrected chi connectivity index (χ4v) is 3.34.